The number of carboxylic acid groups (broad SMARTS) is 1. The number of unbranched alkanes of at least 4 members (excludes halogenated alkanes) is 2. The lowest BCUT2D eigenvalue weighted by Gasteiger charge is -2.16. The first-order chi connectivity index (χ1) is 15.9. The number of carbonyl (C=O) groups excluding carboxylic acids is 1. The average molecular weight is 453 g/mol. The van der Waals surface area contributed by atoms with Gasteiger partial charge in [-0.2, -0.15) is 0 Å². The second-order valence-corrected chi connectivity index (χ2v) is 7.68. The molecule has 33 heavy (non-hydrogen) atoms. The van der Waals surface area contributed by atoms with E-state index in [-0.39, 0.29) is 12.0 Å². The Morgan fingerprint density at radius 3 is 2.55 bits per heavy atom. The van der Waals surface area contributed by atoms with Crippen molar-refractivity contribution in [2.45, 2.75) is 38.6 Å². The van der Waals surface area contributed by atoms with Crippen molar-refractivity contribution >= 4 is 22.8 Å². The van der Waals surface area contributed by atoms with Crippen LogP contribution in [0.1, 0.15) is 42.1 Å². The number of H-pyrrole nitrogens is 1. The first kappa shape index (κ1) is 23.8. The zero-order valence-corrected chi connectivity index (χ0v) is 18.7. The molecule has 0 saturated heterocycles. The van der Waals surface area contributed by atoms with Gasteiger partial charge in [-0.25, -0.2) is 4.79 Å². The Kier molecular flexibility index (Phi) is 8.07. The Labute approximate surface area is 191 Å². The third-order valence-electron chi connectivity index (χ3n) is 5.28. The van der Waals surface area contributed by atoms with Crippen LogP contribution < -0.4 is 20.3 Å². The van der Waals surface area contributed by atoms with Crippen LogP contribution in [0.2, 0.25) is 0 Å². The van der Waals surface area contributed by atoms with Gasteiger partial charge >= 0.3 is 5.97 Å². The number of hydrogen-bond acceptors (Lipinski definition) is 5. The molecule has 0 bridgehead atoms. The van der Waals surface area contributed by atoms with Gasteiger partial charge in [-0.1, -0.05) is 50.1 Å². The van der Waals surface area contributed by atoms with Crippen LogP contribution in [0.25, 0.3) is 10.9 Å². The van der Waals surface area contributed by atoms with Crippen LogP contribution in [0.5, 0.6) is 11.5 Å². The first-order valence-corrected chi connectivity index (χ1v) is 10.9. The van der Waals surface area contributed by atoms with Crippen LogP contribution in [0.15, 0.2) is 53.3 Å². The highest BCUT2D eigenvalue weighted by atomic mass is 16.5. The van der Waals surface area contributed by atoms with Gasteiger partial charge < -0.3 is 24.9 Å². The Morgan fingerprint density at radius 2 is 1.88 bits per heavy atom. The van der Waals surface area contributed by atoms with Crippen molar-refractivity contribution in [1.29, 1.82) is 0 Å². The monoisotopic (exact) mass is 452 g/mol. The Morgan fingerprint density at radius 1 is 1.12 bits per heavy atom. The maximum absolute atomic E-state index is 12.8. The summed E-state index contributed by atoms with van der Waals surface area (Å²) in [6, 6.07) is 12.6. The van der Waals surface area contributed by atoms with Gasteiger partial charge in [0.1, 0.15) is 11.6 Å². The van der Waals surface area contributed by atoms with E-state index in [9.17, 15) is 19.5 Å². The van der Waals surface area contributed by atoms with Crippen LogP contribution in [0.4, 0.5) is 0 Å². The minimum Gasteiger partial charge on any atom is -0.493 e. The van der Waals surface area contributed by atoms with E-state index in [1.54, 1.807) is 36.4 Å². The molecule has 1 aromatic heterocycles. The lowest BCUT2D eigenvalue weighted by Crippen LogP contribution is -2.43. The molecule has 0 saturated carbocycles. The summed E-state index contributed by atoms with van der Waals surface area (Å²) in [5, 5.41) is 12.6. The summed E-state index contributed by atoms with van der Waals surface area (Å²) in [6.07, 6.45) is 3.02. The molecule has 174 valence electrons. The smallest absolute Gasteiger partial charge is 0.326 e. The van der Waals surface area contributed by atoms with Crippen LogP contribution in [0, 0.1) is 0 Å². The number of aromatic nitrogens is 1. The average Bonchev–Trinajstić information content (AvgIpc) is 2.81. The first-order valence-electron chi connectivity index (χ1n) is 10.9. The number of hydrogen-bond donors (Lipinski definition) is 3. The van der Waals surface area contributed by atoms with Gasteiger partial charge in [0.15, 0.2) is 11.5 Å². The highest BCUT2D eigenvalue weighted by Crippen LogP contribution is 2.34. The molecule has 0 radical (unpaired) electrons. The molecule has 0 fully saturated rings. The number of aliphatic carboxylic acids is 1. The molecule has 0 aliphatic rings. The van der Waals surface area contributed by atoms with Crippen molar-refractivity contribution in [2.24, 2.45) is 0 Å². The number of nitrogens with one attached hydrogen (secondary N) is 2. The molecule has 0 spiro atoms. The van der Waals surface area contributed by atoms with Gasteiger partial charge in [-0.05, 0) is 30.2 Å². The van der Waals surface area contributed by atoms with E-state index in [0.717, 1.165) is 24.8 Å². The standard InChI is InChI=1S/C25H28N2O6/c1-3-4-8-13-33-22-20(32-2)12-11-17-15-18(24(29)27-21(17)22)23(28)26-19(25(30)31)14-16-9-6-5-7-10-16/h5-7,9-12,15,19H,3-4,8,13-14H2,1-2H3,(H,26,28)(H,27,29)(H,30,31). The molecule has 1 atom stereocenters. The van der Waals surface area contributed by atoms with Crippen LogP contribution in [-0.2, 0) is 11.2 Å². The van der Waals surface area contributed by atoms with Crippen molar-refractivity contribution in [3.05, 3.63) is 70.0 Å². The highest BCUT2D eigenvalue weighted by molar-refractivity contribution is 6.00. The van der Waals surface area contributed by atoms with Crippen molar-refractivity contribution in [1.82, 2.24) is 10.3 Å². The summed E-state index contributed by atoms with van der Waals surface area (Å²) in [7, 11) is 1.51. The molecule has 1 unspecified atom stereocenters. The number of benzene rings is 2. The van der Waals surface area contributed by atoms with Crippen molar-refractivity contribution in [2.75, 3.05) is 13.7 Å². The van der Waals surface area contributed by atoms with E-state index in [2.05, 4.69) is 17.2 Å². The molecule has 2 aromatic carbocycles. The van der Waals surface area contributed by atoms with E-state index in [1.807, 2.05) is 6.07 Å². The summed E-state index contributed by atoms with van der Waals surface area (Å²) < 4.78 is 11.3. The van der Waals surface area contributed by atoms with Crippen LogP contribution >= 0.6 is 0 Å². The third kappa shape index (κ3) is 5.91. The second kappa shape index (κ2) is 11.2. The molecule has 0 aliphatic heterocycles. The van der Waals surface area contributed by atoms with E-state index >= 15 is 0 Å². The fraction of sp³-hybridized carbons (Fsp3) is 0.320. The van der Waals surface area contributed by atoms with Crippen LogP contribution in [-0.4, -0.2) is 41.7 Å². The molecular weight excluding hydrogens is 424 g/mol. The lowest BCUT2D eigenvalue weighted by molar-refractivity contribution is -0.139. The van der Waals surface area contributed by atoms with Crippen molar-refractivity contribution in [3.63, 3.8) is 0 Å². The maximum atomic E-state index is 12.8. The Hall–Kier alpha value is -3.81. The molecule has 8 nitrogen and oxygen atoms in total. The summed E-state index contributed by atoms with van der Waals surface area (Å²) in [5.41, 5.74) is 0.362. The predicted molar refractivity (Wildman–Crippen MR) is 125 cm³/mol. The molecular formula is C25H28N2O6. The Bertz CT molecular complexity index is 1170. The molecule has 0 aliphatic carbocycles. The fourth-order valence-corrected chi connectivity index (χ4v) is 3.51. The van der Waals surface area contributed by atoms with Gasteiger partial charge in [-0.3, -0.25) is 9.59 Å². The van der Waals surface area contributed by atoms with E-state index in [4.69, 9.17) is 9.47 Å². The molecule has 3 aromatic rings. The van der Waals surface area contributed by atoms with E-state index in [0.29, 0.717) is 29.0 Å². The number of carbonyl (C=O) groups is 2. The Balaban J connectivity index is 1.88. The minimum atomic E-state index is -1.18. The summed E-state index contributed by atoms with van der Waals surface area (Å²) in [5.74, 6) is -1.07. The van der Waals surface area contributed by atoms with Crippen molar-refractivity contribution < 1.29 is 24.2 Å². The molecule has 8 heteroatoms. The van der Waals surface area contributed by atoms with E-state index in [1.165, 1.54) is 13.2 Å². The SMILES string of the molecule is CCCCCOc1c(OC)ccc2cc(C(=O)NC(Cc3ccccc3)C(=O)O)c(=O)[nH]c12. The summed E-state index contributed by atoms with van der Waals surface area (Å²) in [4.78, 5) is 40.0. The van der Waals surface area contributed by atoms with Crippen molar-refractivity contribution in [3.8, 4) is 11.5 Å². The second-order valence-electron chi connectivity index (χ2n) is 7.68. The molecule has 3 N–H and O–H groups in total. The number of aromatic amines is 1. The molecule has 1 heterocycles. The van der Waals surface area contributed by atoms with Crippen LogP contribution in [0.3, 0.4) is 0 Å². The normalized spacial score (nSPS) is 11.7. The minimum absolute atomic E-state index is 0.0976. The number of rotatable bonds is 11. The molecule has 1 amide bonds. The van der Waals surface area contributed by atoms with Gasteiger partial charge in [0, 0.05) is 11.8 Å². The van der Waals surface area contributed by atoms with Gasteiger partial charge in [0.05, 0.1) is 19.2 Å². The third-order valence-corrected chi connectivity index (χ3v) is 5.28. The van der Waals surface area contributed by atoms with E-state index < -0.39 is 23.5 Å². The number of amides is 1. The largest absolute Gasteiger partial charge is 0.493 e. The summed E-state index contributed by atoms with van der Waals surface area (Å²) >= 11 is 0. The highest BCUT2D eigenvalue weighted by Gasteiger charge is 2.23. The number of ether oxygens (including phenoxy) is 2. The zero-order chi connectivity index (χ0) is 23.8. The van der Waals surface area contributed by atoms with Gasteiger partial charge in [0.25, 0.3) is 11.5 Å². The zero-order valence-electron chi connectivity index (χ0n) is 18.7. The molecule has 3 rings (SSSR count). The quantitative estimate of drug-likeness (QED) is 0.383. The topological polar surface area (TPSA) is 118 Å². The van der Waals surface area contributed by atoms with Gasteiger partial charge in [-0.15, -0.1) is 0 Å². The summed E-state index contributed by atoms with van der Waals surface area (Å²) in [6.45, 7) is 2.56. The predicted octanol–water partition coefficient (Wildman–Crippen LogP) is 3.53. The number of carboxylic acids is 1. The number of methoxy groups -OCH3 is 1. The maximum Gasteiger partial charge on any atom is 0.326 e. The van der Waals surface area contributed by atoms with Gasteiger partial charge in [0.2, 0.25) is 0 Å². The number of pyridine rings is 1. The lowest BCUT2D eigenvalue weighted by atomic mass is 10.1. The number of fused-ring (bicyclic) bond motifs is 1. The fourth-order valence-electron chi connectivity index (χ4n) is 3.51.